The van der Waals surface area contributed by atoms with Gasteiger partial charge in [0.25, 0.3) is 0 Å². The van der Waals surface area contributed by atoms with Crippen LogP contribution in [0.15, 0.2) is 18.2 Å². The number of aromatic hydroxyl groups is 1. The van der Waals surface area contributed by atoms with Gasteiger partial charge in [0.15, 0.2) is 11.5 Å². The van der Waals surface area contributed by atoms with Crippen LogP contribution in [0.4, 0.5) is 0 Å². The van der Waals surface area contributed by atoms with Crippen LogP contribution in [0.2, 0.25) is 0 Å². The zero-order valence-corrected chi connectivity index (χ0v) is 8.69. The Balaban J connectivity index is 0.000000791. The number of nitrogens with two attached hydrogens (primary N) is 1. The van der Waals surface area contributed by atoms with E-state index in [4.69, 9.17) is 4.74 Å². The van der Waals surface area contributed by atoms with E-state index in [-0.39, 0.29) is 5.75 Å². The Kier molecular flexibility index (Phi) is 5.67. The third-order valence-corrected chi connectivity index (χ3v) is 1.69. The largest absolute Gasteiger partial charge is 0.504 e. The number of benzene rings is 1. The van der Waals surface area contributed by atoms with Crippen LogP contribution in [-0.4, -0.2) is 24.4 Å². The predicted octanol–water partition coefficient (Wildman–Crippen LogP) is 1.03. The fourth-order valence-corrected chi connectivity index (χ4v) is 0.954. The first-order chi connectivity index (χ1) is 6.65. The number of hydrogen-bond acceptors (Lipinski definition) is 4. The molecule has 0 spiro atoms. The standard InChI is InChI=1S/C9H12O3.CH5N/c1-6(10)7-3-4-8(11)9(5-7)12-2;1-2/h3-6,10-11H,1-2H3;2H2,1H3. The highest BCUT2D eigenvalue weighted by atomic mass is 16.5. The summed E-state index contributed by atoms with van der Waals surface area (Å²) in [5.41, 5.74) is 5.23. The van der Waals surface area contributed by atoms with Crippen molar-refractivity contribution in [2.45, 2.75) is 13.0 Å². The van der Waals surface area contributed by atoms with E-state index in [1.54, 1.807) is 19.1 Å². The second-order valence-electron chi connectivity index (χ2n) is 2.61. The van der Waals surface area contributed by atoms with Crippen molar-refractivity contribution in [2.24, 2.45) is 5.73 Å². The van der Waals surface area contributed by atoms with Crippen molar-refractivity contribution in [1.29, 1.82) is 0 Å². The summed E-state index contributed by atoms with van der Waals surface area (Å²) < 4.78 is 4.87. The van der Waals surface area contributed by atoms with Crippen molar-refractivity contribution in [1.82, 2.24) is 0 Å². The lowest BCUT2D eigenvalue weighted by Gasteiger charge is -2.07. The normalized spacial score (nSPS) is 11.2. The van der Waals surface area contributed by atoms with Crippen molar-refractivity contribution in [3.05, 3.63) is 23.8 Å². The van der Waals surface area contributed by atoms with E-state index in [2.05, 4.69) is 5.73 Å². The van der Waals surface area contributed by atoms with Crippen LogP contribution in [0, 0.1) is 0 Å². The highest BCUT2D eigenvalue weighted by Gasteiger charge is 2.05. The molecule has 0 saturated heterocycles. The molecule has 0 saturated carbocycles. The average Bonchev–Trinajstić information content (AvgIpc) is 2.21. The molecule has 0 aliphatic rings. The fraction of sp³-hybridized carbons (Fsp3) is 0.400. The number of aliphatic hydroxyl groups is 1. The van der Waals surface area contributed by atoms with Gasteiger partial charge in [-0.05, 0) is 31.7 Å². The van der Waals surface area contributed by atoms with Crippen LogP contribution in [0.1, 0.15) is 18.6 Å². The van der Waals surface area contributed by atoms with Crippen molar-refractivity contribution >= 4 is 0 Å². The number of phenolic OH excluding ortho intramolecular Hbond substituents is 1. The fourth-order valence-electron chi connectivity index (χ4n) is 0.954. The maximum Gasteiger partial charge on any atom is 0.160 e. The maximum atomic E-state index is 9.21. The van der Waals surface area contributed by atoms with Gasteiger partial charge in [-0.2, -0.15) is 0 Å². The predicted molar refractivity (Wildman–Crippen MR) is 55.4 cm³/mol. The Morgan fingerprint density at radius 2 is 1.93 bits per heavy atom. The first-order valence-corrected chi connectivity index (χ1v) is 4.28. The molecule has 0 bridgehead atoms. The van der Waals surface area contributed by atoms with Gasteiger partial charge in [-0.1, -0.05) is 6.07 Å². The quantitative estimate of drug-likeness (QED) is 0.665. The Morgan fingerprint density at radius 3 is 2.36 bits per heavy atom. The zero-order chi connectivity index (χ0) is 11.1. The molecule has 0 heterocycles. The van der Waals surface area contributed by atoms with Gasteiger partial charge in [0, 0.05) is 0 Å². The van der Waals surface area contributed by atoms with Crippen molar-refractivity contribution in [3.8, 4) is 11.5 Å². The highest BCUT2D eigenvalue weighted by Crippen LogP contribution is 2.28. The summed E-state index contributed by atoms with van der Waals surface area (Å²) in [6.45, 7) is 1.66. The van der Waals surface area contributed by atoms with E-state index < -0.39 is 6.10 Å². The summed E-state index contributed by atoms with van der Waals surface area (Å²) in [5, 5.41) is 18.4. The molecule has 0 radical (unpaired) electrons. The molecule has 1 atom stereocenters. The lowest BCUT2D eigenvalue weighted by molar-refractivity contribution is 0.198. The molecule has 4 nitrogen and oxygen atoms in total. The van der Waals surface area contributed by atoms with Crippen LogP contribution in [-0.2, 0) is 0 Å². The lowest BCUT2D eigenvalue weighted by atomic mass is 10.1. The molecule has 80 valence electrons. The Bertz CT molecular complexity index is 274. The number of phenols is 1. The van der Waals surface area contributed by atoms with Gasteiger partial charge in [-0.3, -0.25) is 0 Å². The summed E-state index contributed by atoms with van der Waals surface area (Å²) in [7, 11) is 2.97. The van der Waals surface area contributed by atoms with Gasteiger partial charge in [-0.25, -0.2) is 0 Å². The second kappa shape index (κ2) is 6.23. The Hall–Kier alpha value is -1.26. The molecule has 4 heteroatoms. The highest BCUT2D eigenvalue weighted by molar-refractivity contribution is 5.42. The van der Waals surface area contributed by atoms with Crippen LogP contribution < -0.4 is 10.5 Å². The van der Waals surface area contributed by atoms with Crippen LogP contribution in [0.3, 0.4) is 0 Å². The molecule has 14 heavy (non-hydrogen) atoms. The Morgan fingerprint density at radius 1 is 1.36 bits per heavy atom. The van der Waals surface area contributed by atoms with Gasteiger partial charge >= 0.3 is 0 Å². The molecule has 0 aliphatic carbocycles. The Labute approximate surface area is 83.9 Å². The minimum atomic E-state index is -0.542. The van der Waals surface area contributed by atoms with E-state index >= 15 is 0 Å². The van der Waals surface area contributed by atoms with Gasteiger partial charge in [-0.15, -0.1) is 0 Å². The number of methoxy groups -OCH3 is 1. The van der Waals surface area contributed by atoms with Crippen molar-refractivity contribution in [2.75, 3.05) is 14.2 Å². The summed E-state index contributed by atoms with van der Waals surface area (Å²) in [6.07, 6.45) is -0.542. The third kappa shape index (κ3) is 3.24. The number of aliphatic hydroxyl groups excluding tert-OH is 1. The SMILES string of the molecule is CN.COc1cc(C(C)O)ccc1O. The molecule has 0 fully saturated rings. The molecule has 0 aliphatic heterocycles. The molecule has 1 aromatic carbocycles. The minimum absolute atomic E-state index is 0.0851. The smallest absolute Gasteiger partial charge is 0.160 e. The molecule has 4 N–H and O–H groups in total. The van der Waals surface area contributed by atoms with Gasteiger partial charge in [0.1, 0.15) is 0 Å². The maximum absolute atomic E-state index is 9.21. The zero-order valence-electron chi connectivity index (χ0n) is 8.69. The summed E-state index contributed by atoms with van der Waals surface area (Å²) >= 11 is 0. The van der Waals surface area contributed by atoms with Gasteiger partial charge < -0.3 is 20.7 Å². The van der Waals surface area contributed by atoms with E-state index in [1.807, 2.05) is 0 Å². The minimum Gasteiger partial charge on any atom is -0.504 e. The van der Waals surface area contributed by atoms with E-state index in [0.717, 1.165) is 5.56 Å². The second-order valence-corrected chi connectivity index (χ2v) is 2.61. The van der Waals surface area contributed by atoms with E-state index in [0.29, 0.717) is 5.75 Å². The molecular weight excluding hydrogens is 182 g/mol. The van der Waals surface area contributed by atoms with E-state index in [1.165, 1.54) is 20.2 Å². The molecule has 1 rings (SSSR count). The molecule has 1 aromatic rings. The number of rotatable bonds is 2. The summed E-state index contributed by atoms with van der Waals surface area (Å²) in [6, 6.07) is 4.77. The molecule has 1 unspecified atom stereocenters. The van der Waals surface area contributed by atoms with Crippen molar-refractivity contribution in [3.63, 3.8) is 0 Å². The molecule has 0 aromatic heterocycles. The number of ether oxygens (including phenoxy) is 1. The summed E-state index contributed by atoms with van der Waals surface area (Å²) in [5.74, 6) is 0.468. The van der Waals surface area contributed by atoms with Crippen LogP contribution in [0.25, 0.3) is 0 Å². The third-order valence-electron chi connectivity index (χ3n) is 1.69. The van der Waals surface area contributed by atoms with Crippen LogP contribution >= 0.6 is 0 Å². The number of hydrogen-bond donors (Lipinski definition) is 3. The monoisotopic (exact) mass is 199 g/mol. The average molecular weight is 199 g/mol. The molecular formula is C10H17NO3. The first-order valence-electron chi connectivity index (χ1n) is 4.28. The first kappa shape index (κ1) is 12.7. The van der Waals surface area contributed by atoms with Gasteiger partial charge in [0.2, 0.25) is 0 Å². The van der Waals surface area contributed by atoms with E-state index in [9.17, 15) is 10.2 Å². The van der Waals surface area contributed by atoms with Crippen molar-refractivity contribution < 1.29 is 14.9 Å². The summed E-state index contributed by atoms with van der Waals surface area (Å²) in [4.78, 5) is 0. The topological polar surface area (TPSA) is 75.7 Å². The van der Waals surface area contributed by atoms with Gasteiger partial charge in [0.05, 0.1) is 13.2 Å². The lowest BCUT2D eigenvalue weighted by Crippen LogP contribution is -1.92. The van der Waals surface area contributed by atoms with Crippen LogP contribution in [0.5, 0.6) is 11.5 Å². The molecule has 0 amide bonds.